The standard InChI is InChI=1S/C14H25NO12/c1-4(27-23)15-7-9(19)12(6(3-17)24-13(7)22)26-14-11(21)10(20)8(18)5(2-16)25-14/h5-14,16-23H,2-3H2,1H3/p+1/t5-,6-,7-,8+,9-,10+,11-,12-,13-,14+/m1/s1. The number of hydrogen-bond acceptors (Lipinski definition) is 12. The first-order valence-electron chi connectivity index (χ1n) is 8.25. The van der Waals surface area contributed by atoms with Gasteiger partial charge in [0.05, 0.1) is 20.1 Å². The highest BCUT2D eigenvalue weighted by Gasteiger charge is 2.52. The fourth-order valence-corrected chi connectivity index (χ4v) is 3.00. The van der Waals surface area contributed by atoms with Crippen molar-refractivity contribution in [2.45, 2.75) is 68.3 Å². The molecule has 27 heavy (non-hydrogen) atoms. The number of hydrogen-bond donors (Lipinski definition) is 9. The maximum Gasteiger partial charge on any atom is 0.365 e. The number of rotatable bonds is 5. The Kier molecular flexibility index (Phi) is 7.84. The van der Waals surface area contributed by atoms with E-state index in [0.29, 0.717) is 0 Å². The van der Waals surface area contributed by atoms with Crippen LogP contribution in [0.3, 0.4) is 0 Å². The first kappa shape index (κ1) is 22.3. The second kappa shape index (κ2) is 9.49. The van der Waals surface area contributed by atoms with E-state index in [-0.39, 0.29) is 5.90 Å². The van der Waals surface area contributed by atoms with Crippen LogP contribution in [0.25, 0.3) is 0 Å². The molecule has 0 radical (unpaired) electrons. The van der Waals surface area contributed by atoms with Gasteiger partial charge in [0.25, 0.3) is 0 Å². The summed E-state index contributed by atoms with van der Waals surface area (Å²) in [6.07, 6.45) is -13.6. The molecule has 10 atom stereocenters. The lowest BCUT2D eigenvalue weighted by atomic mass is 9.96. The Labute approximate surface area is 153 Å². The van der Waals surface area contributed by atoms with Crippen LogP contribution >= 0.6 is 0 Å². The highest BCUT2D eigenvalue weighted by atomic mass is 17.1. The van der Waals surface area contributed by atoms with Crippen molar-refractivity contribution in [1.29, 1.82) is 0 Å². The fourth-order valence-electron chi connectivity index (χ4n) is 3.00. The third kappa shape index (κ3) is 4.72. The number of aliphatic hydroxyl groups is 7. The smallest absolute Gasteiger partial charge is 0.365 e. The van der Waals surface area contributed by atoms with Crippen LogP contribution in [0.4, 0.5) is 0 Å². The Morgan fingerprint density at radius 3 is 2.07 bits per heavy atom. The van der Waals surface area contributed by atoms with Crippen LogP contribution in [-0.4, -0.2) is 121 Å². The molecule has 0 aromatic rings. The highest BCUT2D eigenvalue weighted by Crippen LogP contribution is 2.27. The van der Waals surface area contributed by atoms with Crippen molar-refractivity contribution in [3.05, 3.63) is 0 Å². The van der Waals surface area contributed by atoms with E-state index in [0.717, 1.165) is 0 Å². The summed E-state index contributed by atoms with van der Waals surface area (Å²) in [6.45, 7) is -0.0595. The summed E-state index contributed by atoms with van der Waals surface area (Å²) in [4.78, 5) is 6.40. The Hall–Kier alpha value is -0.970. The molecule has 0 spiro atoms. The maximum absolute atomic E-state index is 10.5. The molecule has 0 aliphatic carbocycles. The van der Waals surface area contributed by atoms with Gasteiger partial charge in [-0.2, -0.15) is 5.26 Å². The molecular weight excluding hydrogens is 374 g/mol. The van der Waals surface area contributed by atoms with E-state index in [9.17, 15) is 35.7 Å². The van der Waals surface area contributed by atoms with Gasteiger partial charge in [0.1, 0.15) is 42.7 Å². The molecule has 2 saturated heterocycles. The van der Waals surface area contributed by atoms with Crippen molar-refractivity contribution in [2.75, 3.05) is 13.2 Å². The van der Waals surface area contributed by atoms with Crippen molar-refractivity contribution in [1.82, 2.24) is 0 Å². The highest BCUT2D eigenvalue weighted by molar-refractivity contribution is 5.65. The molecule has 9 N–H and O–H groups in total. The molecule has 0 amide bonds. The molecule has 13 nitrogen and oxygen atoms in total. The molecule has 0 saturated carbocycles. The van der Waals surface area contributed by atoms with Gasteiger partial charge in [-0.25, -0.2) is 4.99 Å². The van der Waals surface area contributed by atoms with Gasteiger partial charge in [-0.3, -0.25) is 4.89 Å². The molecule has 2 aliphatic heterocycles. The molecule has 2 aliphatic rings. The van der Waals surface area contributed by atoms with Gasteiger partial charge in [-0.05, 0) is 0 Å². The molecule has 0 bridgehead atoms. The average molecular weight is 400 g/mol. The van der Waals surface area contributed by atoms with Crippen LogP contribution in [0.1, 0.15) is 6.92 Å². The zero-order valence-corrected chi connectivity index (χ0v) is 14.4. The van der Waals surface area contributed by atoms with E-state index >= 15 is 0 Å². The second-order valence-corrected chi connectivity index (χ2v) is 6.35. The van der Waals surface area contributed by atoms with Crippen LogP contribution < -0.4 is 4.99 Å². The molecule has 2 heterocycles. The van der Waals surface area contributed by atoms with Crippen molar-refractivity contribution < 1.29 is 65.1 Å². The Morgan fingerprint density at radius 2 is 1.52 bits per heavy atom. The van der Waals surface area contributed by atoms with E-state index in [1.807, 2.05) is 0 Å². The third-order valence-electron chi connectivity index (χ3n) is 4.52. The SMILES string of the molecule is CC(=[NH+][C@@H]1[C@@H](O)[C@H](O[C@@H]2O[C@H](CO)[C@H](O)[C@H](O)[C@H]2O)[C@@H](CO)O[C@H]1O)OO. The molecule has 13 heteroatoms. The van der Waals surface area contributed by atoms with Crippen LogP contribution in [0.15, 0.2) is 0 Å². The van der Waals surface area contributed by atoms with Crippen molar-refractivity contribution in [3.8, 4) is 0 Å². The van der Waals surface area contributed by atoms with E-state index in [2.05, 4.69) is 9.88 Å². The second-order valence-electron chi connectivity index (χ2n) is 6.35. The van der Waals surface area contributed by atoms with Gasteiger partial charge in [0.2, 0.25) is 12.3 Å². The summed E-state index contributed by atoms with van der Waals surface area (Å²) >= 11 is 0. The van der Waals surface area contributed by atoms with Gasteiger partial charge in [0, 0.05) is 0 Å². The number of nitrogens with one attached hydrogen (secondary N) is 1. The monoisotopic (exact) mass is 400 g/mol. The van der Waals surface area contributed by atoms with Crippen molar-refractivity contribution >= 4 is 5.90 Å². The molecule has 0 unspecified atom stereocenters. The minimum atomic E-state index is -1.73. The zero-order valence-electron chi connectivity index (χ0n) is 14.4. The van der Waals surface area contributed by atoms with Crippen LogP contribution in [0.2, 0.25) is 0 Å². The molecule has 0 aromatic heterocycles. The molecule has 0 aromatic carbocycles. The predicted molar refractivity (Wildman–Crippen MR) is 81.8 cm³/mol. The topological polar surface area (TPSA) is 213 Å². The van der Waals surface area contributed by atoms with Gasteiger partial charge < -0.3 is 50.0 Å². The van der Waals surface area contributed by atoms with E-state index in [1.54, 1.807) is 0 Å². The minimum absolute atomic E-state index is 0.171. The summed E-state index contributed by atoms with van der Waals surface area (Å²) in [6, 6.07) is -1.25. The fraction of sp³-hybridized carbons (Fsp3) is 0.929. The first-order valence-corrected chi connectivity index (χ1v) is 8.25. The van der Waals surface area contributed by atoms with Crippen LogP contribution in [0.5, 0.6) is 0 Å². The zero-order chi connectivity index (χ0) is 20.3. The molecule has 2 fully saturated rings. The quantitative estimate of drug-likeness (QED) is 0.0912. The van der Waals surface area contributed by atoms with E-state index < -0.39 is 74.6 Å². The molecule has 2 rings (SSSR count). The summed E-state index contributed by atoms with van der Waals surface area (Å²) in [5.74, 6) is -0.171. The van der Waals surface area contributed by atoms with Crippen LogP contribution in [0, 0.1) is 0 Å². The van der Waals surface area contributed by atoms with Crippen molar-refractivity contribution in [3.63, 3.8) is 0 Å². The summed E-state index contributed by atoms with van der Waals surface area (Å²) in [7, 11) is 0. The van der Waals surface area contributed by atoms with Gasteiger partial charge in [0.15, 0.2) is 6.29 Å². The normalized spacial score (nSPS) is 46.3. The summed E-state index contributed by atoms with van der Waals surface area (Å²) in [5, 5.41) is 77.4. The lowest BCUT2D eigenvalue weighted by Crippen LogP contribution is -2.89. The van der Waals surface area contributed by atoms with Crippen molar-refractivity contribution in [2.24, 2.45) is 0 Å². The lowest BCUT2D eigenvalue weighted by Gasteiger charge is -2.44. The van der Waals surface area contributed by atoms with E-state index in [4.69, 9.17) is 19.5 Å². The minimum Gasteiger partial charge on any atom is -0.394 e. The van der Waals surface area contributed by atoms with Gasteiger partial charge in [-0.15, -0.1) is 0 Å². The Balaban J connectivity index is 2.20. The van der Waals surface area contributed by atoms with Crippen LogP contribution in [-0.2, 0) is 19.1 Å². The first-order chi connectivity index (χ1) is 12.7. The summed E-state index contributed by atoms with van der Waals surface area (Å²) in [5.41, 5.74) is 0. The Bertz CT molecular complexity index is 504. The largest absolute Gasteiger partial charge is 0.394 e. The van der Waals surface area contributed by atoms with Gasteiger partial charge in [-0.1, -0.05) is 0 Å². The Morgan fingerprint density at radius 1 is 0.889 bits per heavy atom. The number of ether oxygens (including phenoxy) is 3. The average Bonchev–Trinajstić information content (AvgIpc) is 2.66. The molecule has 158 valence electrons. The molecular formula is C14H26NO12+. The van der Waals surface area contributed by atoms with E-state index in [1.165, 1.54) is 6.92 Å². The van der Waals surface area contributed by atoms with Gasteiger partial charge >= 0.3 is 5.90 Å². The number of aliphatic hydroxyl groups excluding tert-OH is 7. The lowest BCUT2D eigenvalue weighted by molar-refractivity contribution is -0.574. The predicted octanol–water partition coefficient (Wildman–Crippen LogP) is -6.40. The maximum atomic E-state index is 10.5. The third-order valence-corrected chi connectivity index (χ3v) is 4.52. The summed E-state index contributed by atoms with van der Waals surface area (Å²) < 4.78 is 15.8.